The van der Waals surface area contributed by atoms with E-state index >= 15 is 0 Å². The standard InChI is InChI=1S/C34H45F3N6O3/c1-20-17-43(18-21(2)26(20)19-42-11-9-24(44)10-12-42)31-39-15-23(16-40-31)28(45)41-29-32(3,4)30(33(29,5)6)46-25-8-7-22(14-38)27(13-25)34(35,36)37/h7-8,13,15-16,20-21,24,26,29-30,44H,9-12,17-19H2,1-6H3,(H,41,45). The lowest BCUT2D eigenvalue weighted by molar-refractivity contribution is -0.164. The molecule has 2 unspecified atom stereocenters. The van der Waals surface area contributed by atoms with Crippen molar-refractivity contribution in [2.75, 3.05) is 37.6 Å². The van der Waals surface area contributed by atoms with Gasteiger partial charge in [0.15, 0.2) is 0 Å². The summed E-state index contributed by atoms with van der Waals surface area (Å²) in [5, 5.41) is 22.0. The quantitative estimate of drug-likeness (QED) is 0.427. The second kappa shape index (κ2) is 12.6. The van der Waals surface area contributed by atoms with Gasteiger partial charge in [0, 0.05) is 62.0 Å². The van der Waals surface area contributed by atoms with Gasteiger partial charge in [-0.2, -0.15) is 18.4 Å². The lowest BCUT2D eigenvalue weighted by Gasteiger charge is -2.63. The molecule has 1 aromatic carbocycles. The number of aromatic nitrogens is 2. The van der Waals surface area contributed by atoms with Crippen LogP contribution in [0.1, 0.15) is 75.9 Å². The maximum atomic E-state index is 13.5. The second-order valence-corrected chi connectivity index (χ2v) is 14.7. The minimum absolute atomic E-state index is 0.0187. The van der Waals surface area contributed by atoms with Crippen molar-refractivity contribution in [3.63, 3.8) is 0 Å². The van der Waals surface area contributed by atoms with Crippen molar-refractivity contribution in [1.82, 2.24) is 20.2 Å². The number of carbonyl (C=O) groups is 1. The van der Waals surface area contributed by atoms with Crippen LogP contribution in [0.3, 0.4) is 0 Å². The van der Waals surface area contributed by atoms with Crippen LogP contribution in [0.5, 0.6) is 5.75 Å². The zero-order chi connectivity index (χ0) is 33.6. The van der Waals surface area contributed by atoms with E-state index < -0.39 is 34.2 Å². The number of alkyl halides is 3. The van der Waals surface area contributed by atoms with Crippen LogP contribution in [0.15, 0.2) is 30.6 Å². The van der Waals surface area contributed by atoms with Crippen LogP contribution in [-0.4, -0.2) is 76.9 Å². The molecule has 3 aliphatic rings. The fourth-order valence-corrected chi connectivity index (χ4v) is 8.21. The summed E-state index contributed by atoms with van der Waals surface area (Å²) in [5.74, 6) is 1.69. The van der Waals surface area contributed by atoms with E-state index in [0.717, 1.165) is 57.7 Å². The average molecular weight is 643 g/mol. The zero-order valence-corrected chi connectivity index (χ0v) is 27.4. The molecule has 0 radical (unpaired) electrons. The first-order valence-electron chi connectivity index (χ1n) is 16.1. The summed E-state index contributed by atoms with van der Waals surface area (Å²) < 4.78 is 46.6. The number of carbonyl (C=O) groups excluding carboxylic acids is 1. The summed E-state index contributed by atoms with van der Waals surface area (Å²) in [5.41, 5.74) is -2.41. The number of hydrogen-bond donors (Lipinski definition) is 2. The molecule has 0 bridgehead atoms. The number of aliphatic hydroxyl groups excluding tert-OH is 1. The Labute approximate surface area is 269 Å². The SMILES string of the molecule is CC1CN(c2ncc(C(=O)NC3C(C)(C)C(Oc4ccc(C#N)c(C(F)(F)F)c4)C3(C)C)cn2)CC(C)C1CN1CCC(O)CC1. The Balaban J connectivity index is 1.20. The Morgan fingerprint density at radius 1 is 1.09 bits per heavy atom. The summed E-state index contributed by atoms with van der Waals surface area (Å²) in [4.78, 5) is 27.1. The molecule has 5 rings (SSSR count). The smallest absolute Gasteiger partial charge is 0.417 e. The maximum absolute atomic E-state index is 13.5. The molecule has 3 heterocycles. The third kappa shape index (κ3) is 6.67. The molecule has 2 atom stereocenters. The van der Waals surface area contributed by atoms with E-state index in [2.05, 4.69) is 38.9 Å². The highest BCUT2D eigenvalue weighted by atomic mass is 19.4. The fourth-order valence-electron chi connectivity index (χ4n) is 8.21. The van der Waals surface area contributed by atoms with Gasteiger partial charge in [-0.15, -0.1) is 0 Å². The van der Waals surface area contributed by atoms with Crippen molar-refractivity contribution in [1.29, 1.82) is 5.26 Å². The number of halogens is 3. The normalized spacial score (nSPS) is 28.2. The molecule has 9 nitrogen and oxygen atoms in total. The second-order valence-electron chi connectivity index (χ2n) is 14.7. The lowest BCUT2D eigenvalue weighted by atomic mass is 9.49. The Morgan fingerprint density at radius 3 is 2.22 bits per heavy atom. The molecule has 1 saturated carbocycles. The Bertz CT molecular complexity index is 1420. The lowest BCUT2D eigenvalue weighted by Crippen LogP contribution is -2.74. The number of rotatable bonds is 7. The highest BCUT2D eigenvalue weighted by molar-refractivity contribution is 5.94. The van der Waals surface area contributed by atoms with Crippen molar-refractivity contribution in [3.8, 4) is 11.8 Å². The Kier molecular flexibility index (Phi) is 9.32. The van der Waals surface area contributed by atoms with Gasteiger partial charge in [0.25, 0.3) is 5.91 Å². The van der Waals surface area contributed by atoms with E-state index in [1.54, 1.807) is 18.5 Å². The number of aliphatic hydroxyl groups is 1. The Morgan fingerprint density at radius 2 is 1.67 bits per heavy atom. The van der Waals surface area contributed by atoms with Crippen molar-refractivity contribution in [2.24, 2.45) is 28.6 Å². The summed E-state index contributed by atoms with van der Waals surface area (Å²) in [7, 11) is 0. The molecule has 2 aromatic rings. The molecule has 2 aliphatic heterocycles. The van der Waals surface area contributed by atoms with Crippen molar-refractivity contribution < 1.29 is 27.8 Å². The summed E-state index contributed by atoms with van der Waals surface area (Å²) in [6.07, 6.45) is -0.610. The first-order chi connectivity index (χ1) is 21.5. The predicted molar refractivity (Wildman–Crippen MR) is 167 cm³/mol. The van der Waals surface area contributed by atoms with E-state index in [0.29, 0.717) is 29.3 Å². The highest BCUT2D eigenvalue weighted by Gasteiger charge is 2.64. The minimum Gasteiger partial charge on any atom is -0.489 e. The molecular weight excluding hydrogens is 597 g/mol. The topological polar surface area (TPSA) is 115 Å². The van der Waals surface area contributed by atoms with Gasteiger partial charge >= 0.3 is 6.18 Å². The van der Waals surface area contributed by atoms with Crippen LogP contribution < -0.4 is 15.0 Å². The fraction of sp³-hybridized carbons (Fsp3) is 0.647. The van der Waals surface area contributed by atoms with Gasteiger partial charge in [-0.1, -0.05) is 41.5 Å². The number of likely N-dealkylation sites (tertiary alicyclic amines) is 1. The van der Waals surface area contributed by atoms with Gasteiger partial charge in [-0.25, -0.2) is 9.97 Å². The van der Waals surface area contributed by atoms with Crippen LogP contribution in [0.25, 0.3) is 0 Å². The summed E-state index contributed by atoms with van der Waals surface area (Å²) in [6.45, 7) is 16.7. The summed E-state index contributed by atoms with van der Waals surface area (Å²) >= 11 is 0. The van der Waals surface area contributed by atoms with E-state index in [1.165, 1.54) is 6.07 Å². The van der Waals surface area contributed by atoms with Crippen LogP contribution in [0.4, 0.5) is 19.1 Å². The molecule has 2 N–H and O–H groups in total. The number of amides is 1. The number of benzene rings is 1. The van der Waals surface area contributed by atoms with Crippen LogP contribution >= 0.6 is 0 Å². The number of nitriles is 1. The monoisotopic (exact) mass is 642 g/mol. The molecular formula is C34H45F3N6O3. The van der Waals surface area contributed by atoms with Crippen molar-refractivity contribution >= 4 is 11.9 Å². The van der Waals surface area contributed by atoms with Crippen molar-refractivity contribution in [3.05, 3.63) is 47.3 Å². The molecule has 1 amide bonds. The number of nitrogens with one attached hydrogen (secondary N) is 1. The number of nitrogens with zero attached hydrogens (tertiary/aromatic N) is 5. The van der Waals surface area contributed by atoms with Crippen LogP contribution in [0, 0.1) is 39.9 Å². The van der Waals surface area contributed by atoms with Gasteiger partial charge in [0.1, 0.15) is 11.9 Å². The number of anilines is 1. The number of hydrogen-bond acceptors (Lipinski definition) is 8. The molecule has 0 spiro atoms. The van der Waals surface area contributed by atoms with Gasteiger partial charge in [-0.05, 0) is 48.8 Å². The summed E-state index contributed by atoms with van der Waals surface area (Å²) in [6, 6.07) is 4.59. The van der Waals surface area contributed by atoms with E-state index in [4.69, 9.17) is 10.00 Å². The third-order valence-corrected chi connectivity index (χ3v) is 10.5. The predicted octanol–water partition coefficient (Wildman–Crippen LogP) is 5.14. The minimum atomic E-state index is -4.69. The maximum Gasteiger partial charge on any atom is 0.417 e. The highest BCUT2D eigenvalue weighted by Crippen LogP contribution is 2.55. The van der Waals surface area contributed by atoms with Gasteiger partial charge in [0.05, 0.1) is 28.9 Å². The van der Waals surface area contributed by atoms with Crippen molar-refractivity contribution in [2.45, 2.75) is 78.8 Å². The largest absolute Gasteiger partial charge is 0.489 e. The zero-order valence-electron chi connectivity index (χ0n) is 27.4. The first-order valence-corrected chi connectivity index (χ1v) is 16.1. The molecule has 46 heavy (non-hydrogen) atoms. The molecule has 12 heteroatoms. The van der Waals surface area contributed by atoms with Gasteiger partial charge < -0.3 is 25.0 Å². The average Bonchev–Trinajstić information content (AvgIpc) is 3.00. The first kappa shape index (κ1) is 33.9. The van der Waals surface area contributed by atoms with Gasteiger partial charge in [0.2, 0.25) is 5.95 Å². The van der Waals surface area contributed by atoms with Crippen LogP contribution in [0.2, 0.25) is 0 Å². The van der Waals surface area contributed by atoms with Gasteiger partial charge in [-0.3, -0.25) is 4.79 Å². The number of ether oxygens (including phenoxy) is 1. The van der Waals surface area contributed by atoms with E-state index in [-0.39, 0.29) is 23.8 Å². The molecule has 3 fully saturated rings. The number of piperidine rings is 2. The van der Waals surface area contributed by atoms with E-state index in [9.17, 15) is 23.1 Å². The van der Waals surface area contributed by atoms with Crippen LogP contribution in [-0.2, 0) is 6.18 Å². The molecule has 2 saturated heterocycles. The Hall–Kier alpha value is -3.43. The third-order valence-electron chi connectivity index (χ3n) is 10.5. The molecule has 1 aliphatic carbocycles. The molecule has 250 valence electrons. The van der Waals surface area contributed by atoms with E-state index in [1.807, 2.05) is 27.7 Å². The molecule has 1 aromatic heterocycles.